The molecule has 0 fully saturated rings. The van der Waals surface area contributed by atoms with E-state index in [4.69, 9.17) is 0 Å². The third-order valence-corrected chi connectivity index (χ3v) is 4.69. The van der Waals surface area contributed by atoms with Gasteiger partial charge in [0.05, 0.1) is 7.11 Å². The number of anilines is 1. The van der Waals surface area contributed by atoms with Crippen LogP contribution in [0.25, 0.3) is 5.57 Å². The van der Waals surface area contributed by atoms with Crippen LogP contribution in [0.1, 0.15) is 45.2 Å². The number of aryl methyl sites for hydroxylation is 1. The van der Waals surface area contributed by atoms with Gasteiger partial charge in [-0.15, -0.1) is 0 Å². The lowest BCUT2D eigenvalue weighted by Crippen LogP contribution is -2.35. The topological polar surface area (TPSA) is 29.5 Å². The van der Waals surface area contributed by atoms with Crippen molar-refractivity contribution in [3.05, 3.63) is 59.0 Å². The molecule has 1 aromatic carbocycles. The predicted octanol–water partition coefficient (Wildman–Crippen LogP) is 5.22. The summed E-state index contributed by atoms with van der Waals surface area (Å²) in [5, 5.41) is 0. The lowest BCUT2D eigenvalue weighted by molar-refractivity contribution is -0.134. The number of hydrogen-bond acceptors (Lipinski definition) is 3. The number of methoxy groups -OCH3 is 1. The maximum Gasteiger partial charge on any atom is 0.330 e. The minimum absolute atomic E-state index is 0.306. The number of rotatable bonds is 5. The molecule has 1 heterocycles. The summed E-state index contributed by atoms with van der Waals surface area (Å²) in [6, 6.07) is 6.65. The zero-order valence-corrected chi connectivity index (χ0v) is 16.3. The molecule has 3 nitrogen and oxygen atoms in total. The number of hydrogen-bond donors (Lipinski definition) is 0. The summed E-state index contributed by atoms with van der Waals surface area (Å²) in [5.74, 6) is -0.753. The lowest BCUT2D eigenvalue weighted by atomic mass is 9.95. The summed E-state index contributed by atoms with van der Waals surface area (Å²) in [4.78, 5) is 13.6. The molecule has 1 aliphatic heterocycles. The Balaban J connectivity index is 2.26. The van der Waals surface area contributed by atoms with E-state index < -0.39 is 5.97 Å². The molecular weight excluding hydrogens is 329 g/mol. The molecule has 0 aliphatic carbocycles. The van der Waals surface area contributed by atoms with E-state index in [9.17, 15) is 9.18 Å². The highest BCUT2D eigenvalue weighted by Crippen LogP contribution is 2.32. The van der Waals surface area contributed by atoms with Crippen LogP contribution in [0.2, 0.25) is 0 Å². The van der Waals surface area contributed by atoms with Gasteiger partial charge in [0.1, 0.15) is 5.83 Å². The first-order valence-electron chi connectivity index (χ1n) is 9.04. The smallest absolute Gasteiger partial charge is 0.330 e. The van der Waals surface area contributed by atoms with Gasteiger partial charge in [-0.3, -0.25) is 0 Å². The Morgan fingerprint density at radius 2 is 2.00 bits per heavy atom. The normalized spacial score (nSPS) is 16.0. The fourth-order valence-corrected chi connectivity index (χ4v) is 3.16. The van der Waals surface area contributed by atoms with Crippen molar-refractivity contribution in [2.24, 2.45) is 0 Å². The van der Waals surface area contributed by atoms with E-state index in [2.05, 4.69) is 35.6 Å². The number of ether oxygens (including phenoxy) is 1. The van der Waals surface area contributed by atoms with Crippen LogP contribution in [0.15, 0.2) is 47.8 Å². The Morgan fingerprint density at radius 3 is 2.65 bits per heavy atom. The Bertz CT molecular complexity index is 759. The molecule has 26 heavy (non-hydrogen) atoms. The molecule has 2 rings (SSSR count). The van der Waals surface area contributed by atoms with Gasteiger partial charge in [0.25, 0.3) is 0 Å². The molecule has 0 bridgehead atoms. The minimum atomic E-state index is -0.447. The second-order valence-corrected chi connectivity index (χ2v) is 6.95. The zero-order valence-electron chi connectivity index (χ0n) is 16.3. The molecule has 0 spiro atoms. The molecule has 0 unspecified atom stereocenters. The SMILES string of the molecule is COC(=O)C=C(C)C=CC(F)=C(C)c1ccc2c(c1)CCCN2C(C)C. The highest BCUT2D eigenvalue weighted by atomic mass is 19.1. The first-order chi connectivity index (χ1) is 12.3. The van der Waals surface area contributed by atoms with Gasteiger partial charge < -0.3 is 9.64 Å². The maximum atomic E-state index is 14.5. The van der Waals surface area contributed by atoms with Crippen molar-refractivity contribution >= 4 is 17.2 Å². The number of esters is 1. The summed E-state index contributed by atoms with van der Waals surface area (Å²) >= 11 is 0. The summed E-state index contributed by atoms with van der Waals surface area (Å²) in [5.41, 5.74) is 4.66. The van der Waals surface area contributed by atoms with Gasteiger partial charge in [0, 0.05) is 24.4 Å². The van der Waals surface area contributed by atoms with Crippen molar-refractivity contribution in [3.63, 3.8) is 0 Å². The Labute approximate surface area is 155 Å². The van der Waals surface area contributed by atoms with Gasteiger partial charge in [0.2, 0.25) is 0 Å². The highest BCUT2D eigenvalue weighted by Gasteiger charge is 2.19. The van der Waals surface area contributed by atoms with Gasteiger partial charge in [-0.25, -0.2) is 9.18 Å². The third-order valence-electron chi connectivity index (χ3n) is 4.69. The van der Waals surface area contributed by atoms with Crippen LogP contribution in [0.5, 0.6) is 0 Å². The van der Waals surface area contributed by atoms with Gasteiger partial charge in [0.15, 0.2) is 0 Å². The van der Waals surface area contributed by atoms with Crippen molar-refractivity contribution in [2.45, 2.75) is 46.6 Å². The van der Waals surface area contributed by atoms with E-state index in [1.54, 1.807) is 19.9 Å². The van der Waals surface area contributed by atoms with Gasteiger partial charge >= 0.3 is 5.97 Å². The van der Waals surface area contributed by atoms with Crippen LogP contribution in [0.4, 0.5) is 10.1 Å². The molecular formula is C22H28FNO2. The molecule has 4 heteroatoms. The van der Waals surface area contributed by atoms with Gasteiger partial charge in [-0.2, -0.15) is 0 Å². The van der Waals surface area contributed by atoms with Crippen LogP contribution in [0.3, 0.4) is 0 Å². The molecule has 0 saturated heterocycles. The highest BCUT2D eigenvalue weighted by molar-refractivity contribution is 5.83. The number of carbonyl (C=O) groups is 1. The third kappa shape index (κ3) is 4.84. The standard InChI is InChI=1S/C22H28FNO2/c1-15(2)24-12-6-7-19-14-18(9-11-21(19)24)17(4)20(23)10-8-16(3)13-22(25)26-5/h8-11,13-15H,6-7,12H2,1-5H3. The first-order valence-corrected chi connectivity index (χ1v) is 9.04. The van der Waals surface area contributed by atoms with Crippen LogP contribution in [-0.4, -0.2) is 25.7 Å². The van der Waals surface area contributed by atoms with E-state index in [0.717, 1.165) is 24.9 Å². The number of allylic oxidation sites excluding steroid dienone is 5. The summed E-state index contributed by atoms with van der Waals surface area (Å²) < 4.78 is 19.1. The number of nitrogens with zero attached hydrogens (tertiary/aromatic N) is 1. The lowest BCUT2D eigenvalue weighted by Gasteiger charge is -2.35. The Kier molecular flexibility index (Phi) is 6.78. The summed E-state index contributed by atoms with van der Waals surface area (Å²) in [6.07, 6.45) is 6.45. The van der Waals surface area contributed by atoms with Crippen molar-refractivity contribution in [2.75, 3.05) is 18.6 Å². The summed E-state index contributed by atoms with van der Waals surface area (Å²) in [6.45, 7) is 8.98. The largest absolute Gasteiger partial charge is 0.466 e. The molecule has 0 atom stereocenters. The molecule has 0 saturated carbocycles. The number of fused-ring (bicyclic) bond motifs is 1. The number of carbonyl (C=O) groups excluding carboxylic acids is 1. The zero-order chi connectivity index (χ0) is 19.3. The molecule has 140 valence electrons. The van der Waals surface area contributed by atoms with Crippen molar-refractivity contribution in [3.8, 4) is 0 Å². The maximum absolute atomic E-state index is 14.5. The van der Waals surface area contributed by atoms with Crippen LogP contribution < -0.4 is 4.90 Å². The van der Waals surface area contributed by atoms with Gasteiger partial charge in [-0.1, -0.05) is 12.1 Å². The van der Waals surface area contributed by atoms with Crippen LogP contribution in [-0.2, 0) is 16.0 Å². The van der Waals surface area contributed by atoms with E-state index in [0.29, 0.717) is 17.2 Å². The van der Waals surface area contributed by atoms with Crippen LogP contribution in [0, 0.1) is 0 Å². The minimum Gasteiger partial charge on any atom is -0.466 e. The monoisotopic (exact) mass is 357 g/mol. The molecule has 0 N–H and O–H groups in total. The Morgan fingerprint density at radius 1 is 1.27 bits per heavy atom. The molecule has 0 aromatic heterocycles. The van der Waals surface area contributed by atoms with E-state index in [-0.39, 0.29) is 5.83 Å². The number of benzene rings is 1. The second-order valence-electron chi connectivity index (χ2n) is 6.95. The Hall–Kier alpha value is -2.36. The van der Waals surface area contributed by atoms with Gasteiger partial charge in [-0.05, 0) is 81.0 Å². The second kappa shape index (κ2) is 8.84. The molecule has 1 aliphatic rings. The fraction of sp³-hybridized carbons (Fsp3) is 0.409. The first kappa shape index (κ1) is 20.0. The van der Waals surface area contributed by atoms with E-state index in [1.165, 1.54) is 30.5 Å². The van der Waals surface area contributed by atoms with E-state index in [1.807, 2.05) is 6.07 Å². The quantitative estimate of drug-likeness (QED) is 0.411. The molecule has 0 amide bonds. The average molecular weight is 357 g/mol. The summed E-state index contributed by atoms with van der Waals surface area (Å²) in [7, 11) is 1.32. The molecule has 0 radical (unpaired) electrons. The van der Waals surface area contributed by atoms with Crippen LogP contribution >= 0.6 is 0 Å². The average Bonchev–Trinajstić information content (AvgIpc) is 2.64. The van der Waals surface area contributed by atoms with Crippen molar-refractivity contribution in [1.82, 2.24) is 0 Å². The van der Waals surface area contributed by atoms with Crippen molar-refractivity contribution in [1.29, 1.82) is 0 Å². The number of halogens is 1. The molecule has 1 aromatic rings. The predicted molar refractivity (Wildman–Crippen MR) is 106 cm³/mol. The fourth-order valence-electron chi connectivity index (χ4n) is 3.16. The van der Waals surface area contributed by atoms with E-state index >= 15 is 0 Å². The van der Waals surface area contributed by atoms with Crippen molar-refractivity contribution < 1.29 is 13.9 Å².